The Bertz CT molecular complexity index is 1440. The van der Waals surface area contributed by atoms with Crippen molar-refractivity contribution in [2.24, 2.45) is 0 Å². The maximum absolute atomic E-state index is 11.4. The molecule has 0 radical (unpaired) electrons. The molecule has 0 aromatic heterocycles. The van der Waals surface area contributed by atoms with E-state index in [1.807, 2.05) is 72.8 Å². The normalized spacial score (nSPS) is 12.1. The van der Waals surface area contributed by atoms with E-state index in [9.17, 15) is 10.2 Å². The van der Waals surface area contributed by atoms with Gasteiger partial charge in [-0.05, 0) is 57.3 Å². The van der Waals surface area contributed by atoms with Gasteiger partial charge in [0, 0.05) is 38.5 Å². The van der Waals surface area contributed by atoms with Crippen molar-refractivity contribution in [1.29, 1.82) is 10.5 Å². The number of para-hydroxylation sites is 4. The minimum absolute atomic E-state index is 0.245. The molecule has 0 fully saturated rings. The minimum Gasteiger partial charge on any atom is -0.507 e. The van der Waals surface area contributed by atoms with Crippen molar-refractivity contribution in [3.63, 3.8) is 0 Å². The van der Waals surface area contributed by atoms with Gasteiger partial charge in [0.05, 0.1) is 25.4 Å². The number of ether oxygens (including phenoxy) is 2. The van der Waals surface area contributed by atoms with E-state index < -0.39 is 0 Å². The fourth-order valence-corrected chi connectivity index (χ4v) is 5.53. The van der Waals surface area contributed by atoms with E-state index in [0.29, 0.717) is 64.6 Å². The first-order valence-corrected chi connectivity index (χ1v) is 14.4. The Morgan fingerprint density at radius 1 is 0.500 bits per heavy atom. The molecular weight excluding hydrogens is 524 g/mol. The number of unbranched alkanes of at least 4 members (excludes halogenated alkanes) is 2. The van der Waals surface area contributed by atoms with E-state index in [1.165, 1.54) is 0 Å². The van der Waals surface area contributed by atoms with Crippen LogP contribution >= 0.6 is 0 Å². The summed E-state index contributed by atoms with van der Waals surface area (Å²) >= 11 is 0. The third kappa shape index (κ3) is 6.51. The van der Waals surface area contributed by atoms with Gasteiger partial charge in [-0.1, -0.05) is 72.8 Å². The number of nitriles is 2. The summed E-state index contributed by atoms with van der Waals surface area (Å²) < 4.78 is 12.6. The molecule has 5 rings (SSSR count). The molecule has 0 unspecified atom stereocenters. The Hall–Kier alpha value is -4.94. The van der Waals surface area contributed by atoms with Crippen LogP contribution in [-0.4, -0.2) is 23.4 Å². The number of hydrogen-bond acceptors (Lipinski definition) is 6. The van der Waals surface area contributed by atoms with E-state index >= 15 is 0 Å². The number of rotatable bonds is 8. The molecule has 8 bridgehead atoms. The molecule has 0 heterocycles. The maximum atomic E-state index is 11.4. The van der Waals surface area contributed by atoms with Crippen LogP contribution in [0.1, 0.15) is 70.2 Å². The van der Waals surface area contributed by atoms with Gasteiger partial charge in [-0.25, -0.2) is 0 Å². The van der Waals surface area contributed by atoms with Crippen molar-refractivity contribution in [2.75, 3.05) is 13.2 Å². The summed E-state index contributed by atoms with van der Waals surface area (Å²) in [5.41, 5.74) is 6.89. The monoisotopic (exact) mass is 558 g/mol. The summed E-state index contributed by atoms with van der Waals surface area (Å²) in [4.78, 5) is 0. The summed E-state index contributed by atoms with van der Waals surface area (Å²) in [5, 5.41) is 40.9. The molecule has 0 atom stereocenters. The number of benzene rings is 4. The van der Waals surface area contributed by atoms with E-state index in [-0.39, 0.29) is 11.5 Å². The van der Waals surface area contributed by atoms with Crippen molar-refractivity contribution in [2.45, 2.75) is 51.4 Å². The Labute approximate surface area is 247 Å². The van der Waals surface area contributed by atoms with Gasteiger partial charge in [0.25, 0.3) is 0 Å². The highest BCUT2D eigenvalue weighted by molar-refractivity contribution is 5.55. The first-order valence-electron chi connectivity index (χ1n) is 14.4. The van der Waals surface area contributed by atoms with Gasteiger partial charge in [0.2, 0.25) is 0 Å². The molecule has 0 aliphatic heterocycles. The lowest BCUT2D eigenvalue weighted by atomic mass is 9.91. The average molecular weight is 559 g/mol. The first-order chi connectivity index (χ1) is 20.6. The summed E-state index contributed by atoms with van der Waals surface area (Å²) in [5.74, 6) is 1.95. The van der Waals surface area contributed by atoms with Crippen LogP contribution in [-0.2, 0) is 25.7 Å². The fraction of sp³-hybridized carbons (Fsp3) is 0.278. The van der Waals surface area contributed by atoms with Crippen LogP contribution in [0.25, 0.3) is 0 Å². The van der Waals surface area contributed by atoms with Crippen molar-refractivity contribution in [1.82, 2.24) is 0 Å². The zero-order valence-corrected chi connectivity index (χ0v) is 23.6. The molecule has 4 aromatic rings. The van der Waals surface area contributed by atoms with Crippen LogP contribution in [0.5, 0.6) is 23.0 Å². The average Bonchev–Trinajstić information content (AvgIpc) is 2.99. The van der Waals surface area contributed by atoms with Gasteiger partial charge < -0.3 is 19.7 Å². The second-order valence-electron chi connectivity index (χ2n) is 10.6. The molecule has 6 nitrogen and oxygen atoms in total. The van der Waals surface area contributed by atoms with E-state index in [0.717, 1.165) is 56.0 Å². The van der Waals surface area contributed by atoms with Crippen LogP contribution in [0.3, 0.4) is 0 Å². The smallest absolute Gasteiger partial charge is 0.126 e. The SMILES string of the molecule is N#CCCCOc1c2cccc1Cc1cccc(c1O)Cc1cccc(c1OCCCC#N)Cc1cccc(c1O)C2. The van der Waals surface area contributed by atoms with E-state index in [2.05, 4.69) is 12.1 Å². The van der Waals surface area contributed by atoms with Crippen LogP contribution in [0.2, 0.25) is 0 Å². The Kier molecular flexibility index (Phi) is 9.27. The van der Waals surface area contributed by atoms with Gasteiger partial charge in [-0.15, -0.1) is 0 Å². The third-order valence-electron chi connectivity index (χ3n) is 7.64. The van der Waals surface area contributed by atoms with Crippen LogP contribution < -0.4 is 9.47 Å². The predicted molar refractivity (Wildman–Crippen MR) is 161 cm³/mol. The van der Waals surface area contributed by atoms with Gasteiger partial charge in [0.15, 0.2) is 0 Å². The second kappa shape index (κ2) is 13.6. The highest BCUT2D eigenvalue weighted by atomic mass is 16.5. The predicted octanol–water partition coefficient (Wildman–Crippen LogP) is 7.14. The third-order valence-corrected chi connectivity index (χ3v) is 7.64. The van der Waals surface area contributed by atoms with Crippen LogP contribution in [0.4, 0.5) is 0 Å². The summed E-state index contributed by atoms with van der Waals surface area (Å²) in [6, 6.07) is 28.0. The van der Waals surface area contributed by atoms with Gasteiger partial charge in [0.1, 0.15) is 23.0 Å². The highest BCUT2D eigenvalue weighted by Gasteiger charge is 2.20. The first kappa shape index (κ1) is 28.6. The van der Waals surface area contributed by atoms with Crippen molar-refractivity contribution in [3.8, 4) is 35.1 Å². The quantitative estimate of drug-likeness (QED) is 0.196. The lowest BCUT2D eigenvalue weighted by molar-refractivity contribution is 0.307. The fourth-order valence-electron chi connectivity index (χ4n) is 5.53. The summed E-state index contributed by atoms with van der Waals surface area (Å²) in [6.45, 7) is 0.808. The lowest BCUT2D eigenvalue weighted by Gasteiger charge is -2.20. The van der Waals surface area contributed by atoms with Crippen molar-refractivity contribution >= 4 is 0 Å². The molecule has 212 valence electrons. The largest absolute Gasteiger partial charge is 0.507 e. The molecule has 0 amide bonds. The molecular formula is C36H34N2O4. The molecule has 0 spiro atoms. The van der Waals surface area contributed by atoms with Crippen LogP contribution in [0, 0.1) is 22.7 Å². The zero-order valence-electron chi connectivity index (χ0n) is 23.6. The van der Waals surface area contributed by atoms with E-state index in [1.54, 1.807) is 0 Å². The lowest BCUT2D eigenvalue weighted by Crippen LogP contribution is -2.07. The topological polar surface area (TPSA) is 107 Å². The summed E-state index contributed by atoms with van der Waals surface area (Å²) in [6.07, 6.45) is 3.90. The molecule has 1 aliphatic carbocycles. The number of phenols is 2. The number of fused-ring (bicyclic) bond motifs is 8. The number of nitrogens with zero attached hydrogens (tertiary/aromatic N) is 2. The minimum atomic E-state index is 0.245. The highest BCUT2D eigenvalue weighted by Crippen LogP contribution is 2.38. The van der Waals surface area contributed by atoms with Gasteiger partial charge >= 0.3 is 0 Å². The Morgan fingerprint density at radius 3 is 1.07 bits per heavy atom. The molecule has 42 heavy (non-hydrogen) atoms. The number of aromatic hydroxyl groups is 2. The second-order valence-corrected chi connectivity index (χ2v) is 10.6. The zero-order chi connectivity index (χ0) is 29.3. The van der Waals surface area contributed by atoms with Gasteiger partial charge in [-0.3, -0.25) is 0 Å². The molecule has 0 saturated heterocycles. The standard InChI is InChI=1S/C36H34N2O4/c37-17-1-3-19-41-35-29-13-7-14-30(35)22-26-10-6-12-28(34(26)40)24-32-16-8-15-31(36(32)42-20-4-2-18-38)23-27-11-5-9-25(21-29)33(27)39/h5-16,39-40H,1-4,19-24H2. The molecule has 6 heteroatoms. The molecule has 1 aliphatic rings. The molecule has 2 N–H and O–H groups in total. The number of phenolic OH excluding ortho intramolecular Hbond substituents is 2. The Balaban J connectivity index is 1.63. The maximum Gasteiger partial charge on any atom is 0.126 e. The molecule has 4 aromatic carbocycles. The Morgan fingerprint density at radius 2 is 0.786 bits per heavy atom. The number of hydrogen-bond donors (Lipinski definition) is 2. The van der Waals surface area contributed by atoms with Crippen molar-refractivity contribution in [3.05, 3.63) is 117 Å². The van der Waals surface area contributed by atoms with Crippen molar-refractivity contribution < 1.29 is 19.7 Å². The van der Waals surface area contributed by atoms with Gasteiger partial charge in [-0.2, -0.15) is 10.5 Å². The summed E-state index contributed by atoms with van der Waals surface area (Å²) in [7, 11) is 0. The molecule has 0 saturated carbocycles. The van der Waals surface area contributed by atoms with Crippen LogP contribution in [0.15, 0.2) is 72.8 Å². The van der Waals surface area contributed by atoms with E-state index in [4.69, 9.17) is 20.0 Å².